The van der Waals surface area contributed by atoms with Crippen LogP contribution in [0, 0.1) is 0 Å². The summed E-state index contributed by atoms with van der Waals surface area (Å²) in [6, 6.07) is 3.80. The highest BCUT2D eigenvalue weighted by molar-refractivity contribution is 5.96. The molecule has 0 aliphatic carbocycles. The monoisotopic (exact) mass is 215 g/mol. The first-order valence-corrected chi connectivity index (χ1v) is 4.83. The van der Waals surface area contributed by atoms with Gasteiger partial charge in [0, 0.05) is 11.8 Å². The summed E-state index contributed by atoms with van der Waals surface area (Å²) >= 11 is 0. The van der Waals surface area contributed by atoms with Crippen LogP contribution in [0.4, 0.5) is 5.69 Å². The Hall–Kier alpha value is -2.21. The van der Waals surface area contributed by atoms with Gasteiger partial charge in [-0.3, -0.25) is 5.43 Å². The van der Waals surface area contributed by atoms with Crippen molar-refractivity contribution < 1.29 is 5.11 Å². The second kappa shape index (κ2) is 3.42. The number of nitrogens with zero attached hydrogens (tertiary/aromatic N) is 4. The Labute approximate surface area is 90.9 Å². The topological polar surface area (TPSA) is 75.3 Å². The maximum atomic E-state index is 9.17. The molecule has 1 aliphatic heterocycles. The summed E-state index contributed by atoms with van der Waals surface area (Å²) in [7, 11) is 0. The van der Waals surface area contributed by atoms with Gasteiger partial charge < -0.3 is 5.11 Å². The van der Waals surface area contributed by atoms with Crippen LogP contribution < -0.4 is 5.43 Å². The van der Waals surface area contributed by atoms with Crippen LogP contribution >= 0.6 is 0 Å². The Morgan fingerprint density at radius 2 is 2.31 bits per heavy atom. The summed E-state index contributed by atoms with van der Waals surface area (Å²) in [4.78, 5) is 0. The maximum Gasteiger partial charge on any atom is 0.138 e. The number of hydrogen-bond acceptors (Lipinski definition) is 5. The Morgan fingerprint density at radius 3 is 3.19 bits per heavy atom. The first kappa shape index (κ1) is 9.05. The van der Waals surface area contributed by atoms with Crippen molar-refractivity contribution in [3.05, 3.63) is 23.8 Å². The van der Waals surface area contributed by atoms with E-state index < -0.39 is 0 Å². The third-order valence-electron chi connectivity index (χ3n) is 2.45. The molecular formula is C10H9N5O. The minimum atomic E-state index is -0.206. The summed E-state index contributed by atoms with van der Waals surface area (Å²) in [5.41, 5.74) is 6.20. The van der Waals surface area contributed by atoms with Gasteiger partial charge in [-0.25, -0.2) is 4.68 Å². The lowest BCUT2D eigenvalue weighted by Crippen LogP contribution is -2.01. The van der Waals surface area contributed by atoms with Crippen LogP contribution in [0.3, 0.4) is 0 Å². The molecule has 0 spiro atoms. The zero-order valence-corrected chi connectivity index (χ0v) is 8.33. The van der Waals surface area contributed by atoms with Gasteiger partial charge in [-0.1, -0.05) is 17.4 Å². The first-order valence-electron chi connectivity index (χ1n) is 4.83. The van der Waals surface area contributed by atoms with Gasteiger partial charge in [0.2, 0.25) is 0 Å². The van der Waals surface area contributed by atoms with E-state index in [-0.39, 0.29) is 6.73 Å². The number of hydrazone groups is 1. The van der Waals surface area contributed by atoms with Gasteiger partial charge in [0.1, 0.15) is 17.8 Å². The zero-order valence-electron chi connectivity index (χ0n) is 8.33. The summed E-state index contributed by atoms with van der Waals surface area (Å²) in [6.07, 6.45) is 5.45. The average Bonchev–Trinajstić information content (AvgIpc) is 2.58. The molecule has 0 amide bonds. The minimum absolute atomic E-state index is 0.206. The molecule has 0 radical (unpaired) electrons. The molecule has 0 unspecified atom stereocenters. The average molecular weight is 215 g/mol. The van der Waals surface area contributed by atoms with Gasteiger partial charge in [0.15, 0.2) is 0 Å². The summed E-state index contributed by atoms with van der Waals surface area (Å²) in [6.45, 7) is -0.206. The van der Waals surface area contributed by atoms with Crippen molar-refractivity contribution in [1.82, 2.24) is 15.0 Å². The zero-order chi connectivity index (χ0) is 11.0. The molecule has 1 aliphatic rings. The normalized spacial score (nSPS) is 13.6. The SMILES string of the molecule is OCn1nnc2ccc3c(c21)NN=CC=C3. The molecule has 0 atom stereocenters. The fraction of sp³-hybridized carbons (Fsp3) is 0.100. The smallest absolute Gasteiger partial charge is 0.138 e. The minimum Gasteiger partial charge on any atom is -0.374 e. The molecule has 0 saturated carbocycles. The van der Waals surface area contributed by atoms with Gasteiger partial charge in [0.25, 0.3) is 0 Å². The second-order valence-corrected chi connectivity index (χ2v) is 3.38. The standard InChI is InChI=1S/C10H9N5O/c16-6-15-10-8(12-14-15)4-3-7-2-1-5-11-13-9(7)10/h1-5,13,16H,6H2. The molecule has 2 aromatic rings. The van der Waals surface area contributed by atoms with E-state index in [1.807, 2.05) is 24.3 Å². The van der Waals surface area contributed by atoms with Crippen LogP contribution in [0.2, 0.25) is 0 Å². The Balaban J connectivity index is 2.36. The Bertz CT molecular complexity index is 599. The Kier molecular flexibility index (Phi) is 1.94. The van der Waals surface area contributed by atoms with E-state index in [0.29, 0.717) is 0 Å². The van der Waals surface area contributed by atoms with Crippen LogP contribution in [-0.4, -0.2) is 26.3 Å². The van der Waals surface area contributed by atoms with Gasteiger partial charge in [0.05, 0.1) is 5.69 Å². The van der Waals surface area contributed by atoms with Gasteiger partial charge in [-0.15, -0.1) is 5.10 Å². The lowest BCUT2D eigenvalue weighted by molar-refractivity contribution is 0.197. The number of aliphatic hydroxyl groups excluding tert-OH is 1. The summed E-state index contributed by atoms with van der Waals surface area (Å²) < 4.78 is 1.43. The van der Waals surface area contributed by atoms with Gasteiger partial charge >= 0.3 is 0 Å². The number of nitrogens with one attached hydrogen (secondary N) is 1. The molecule has 3 rings (SSSR count). The van der Waals surface area contributed by atoms with E-state index >= 15 is 0 Å². The number of allylic oxidation sites excluding steroid dienone is 1. The fourth-order valence-corrected chi connectivity index (χ4v) is 1.73. The molecule has 16 heavy (non-hydrogen) atoms. The van der Waals surface area contributed by atoms with Crippen molar-refractivity contribution in [3.63, 3.8) is 0 Å². The molecule has 1 aromatic heterocycles. The van der Waals surface area contributed by atoms with Gasteiger partial charge in [-0.2, -0.15) is 5.10 Å². The maximum absolute atomic E-state index is 9.17. The van der Waals surface area contributed by atoms with Crippen molar-refractivity contribution in [1.29, 1.82) is 0 Å². The lowest BCUT2D eigenvalue weighted by Gasteiger charge is -2.06. The van der Waals surface area contributed by atoms with Gasteiger partial charge in [-0.05, 0) is 12.1 Å². The third kappa shape index (κ3) is 1.20. The van der Waals surface area contributed by atoms with Crippen molar-refractivity contribution in [2.24, 2.45) is 5.10 Å². The number of aliphatic hydroxyl groups is 1. The quantitative estimate of drug-likeness (QED) is 0.738. The molecule has 6 nitrogen and oxygen atoms in total. The van der Waals surface area contributed by atoms with E-state index in [2.05, 4.69) is 20.8 Å². The van der Waals surface area contributed by atoms with Crippen molar-refractivity contribution in [2.75, 3.05) is 5.43 Å². The van der Waals surface area contributed by atoms with Crippen molar-refractivity contribution in [3.8, 4) is 0 Å². The predicted octanol–water partition coefficient (Wildman–Crippen LogP) is 0.806. The van der Waals surface area contributed by atoms with Crippen LogP contribution in [-0.2, 0) is 6.73 Å². The summed E-state index contributed by atoms with van der Waals surface area (Å²) in [5.74, 6) is 0. The highest BCUT2D eigenvalue weighted by Gasteiger charge is 2.12. The van der Waals surface area contributed by atoms with Crippen LogP contribution in [0.25, 0.3) is 17.1 Å². The highest BCUT2D eigenvalue weighted by atomic mass is 16.3. The molecule has 80 valence electrons. The number of anilines is 1. The van der Waals surface area contributed by atoms with E-state index in [4.69, 9.17) is 0 Å². The Morgan fingerprint density at radius 1 is 1.38 bits per heavy atom. The van der Waals surface area contributed by atoms with E-state index in [1.165, 1.54) is 4.68 Å². The van der Waals surface area contributed by atoms with E-state index in [0.717, 1.165) is 22.3 Å². The number of hydrogen-bond donors (Lipinski definition) is 2. The third-order valence-corrected chi connectivity index (χ3v) is 2.45. The van der Waals surface area contributed by atoms with E-state index in [1.54, 1.807) is 6.21 Å². The molecule has 0 bridgehead atoms. The second-order valence-electron chi connectivity index (χ2n) is 3.38. The fourth-order valence-electron chi connectivity index (χ4n) is 1.73. The molecular weight excluding hydrogens is 206 g/mol. The molecule has 0 saturated heterocycles. The number of aromatic nitrogens is 3. The largest absolute Gasteiger partial charge is 0.374 e. The molecule has 2 heterocycles. The molecule has 1 aromatic carbocycles. The lowest BCUT2D eigenvalue weighted by atomic mass is 10.1. The van der Waals surface area contributed by atoms with Crippen molar-refractivity contribution in [2.45, 2.75) is 6.73 Å². The van der Waals surface area contributed by atoms with Crippen molar-refractivity contribution >= 4 is 29.0 Å². The predicted molar refractivity (Wildman–Crippen MR) is 60.9 cm³/mol. The number of benzene rings is 1. The first-order chi connectivity index (χ1) is 7.90. The molecule has 6 heteroatoms. The summed E-state index contributed by atoms with van der Waals surface area (Å²) in [5, 5.41) is 21.0. The number of rotatable bonds is 1. The van der Waals surface area contributed by atoms with Crippen LogP contribution in [0.5, 0.6) is 0 Å². The van der Waals surface area contributed by atoms with E-state index in [9.17, 15) is 5.11 Å². The molecule has 2 N–H and O–H groups in total. The molecule has 0 fully saturated rings. The highest BCUT2D eigenvalue weighted by Crippen LogP contribution is 2.28. The van der Waals surface area contributed by atoms with Crippen LogP contribution in [0.15, 0.2) is 23.3 Å². The van der Waals surface area contributed by atoms with Crippen LogP contribution in [0.1, 0.15) is 5.56 Å². The number of fused-ring (bicyclic) bond motifs is 3.